The molecule has 0 unspecified atom stereocenters. The summed E-state index contributed by atoms with van der Waals surface area (Å²) in [5, 5.41) is 19.0. The van der Waals surface area contributed by atoms with E-state index in [2.05, 4.69) is 37.5 Å². The van der Waals surface area contributed by atoms with Gasteiger partial charge in [-0.1, -0.05) is 13.3 Å². The van der Waals surface area contributed by atoms with Crippen LogP contribution in [0.2, 0.25) is 0 Å². The van der Waals surface area contributed by atoms with E-state index in [1.165, 1.54) is 6.33 Å². The molecule has 0 atom stereocenters. The highest BCUT2D eigenvalue weighted by atomic mass is 35.5. The molecule has 10 heteroatoms. The Bertz CT molecular complexity index is 524. The summed E-state index contributed by atoms with van der Waals surface area (Å²) in [6, 6.07) is 0. The van der Waals surface area contributed by atoms with Gasteiger partial charge in [0.15, 0.2) is 17.6 Å². The molecular formula is C12H20ClN9. The van der Waals surface area contributed by atoms with Crippen molar-refractivity contribution in [1.29, 1.82) is 10.8 Å². The van der Waals surface area contributed by atoms with Crippen molar-refractivity contribution in [2.24, 2.45) is 5.73 Å². The third-order valence-corrected chi connectivity index (χ3v) is 2.24. The van der Waals surface area contributed by atoms with Crippen LogP contribution in [0, 0.1) is 10.8 Å². The third-order valence-electron chi connectivity index (χ3n) is 2.24. The molecule has 0 radical (unpaired) electrons. The lowest BCUT2D eigenvalue weighted by molar-refractivity contribution is 0.744. The topological polar surface area (TPSA) is 149 Å². The SMILES string of the molecule is CCCCNC(=N)NC(=N)N.Cl.c1cnc2ncncc2n1. The van der Waals surface area contributed by atoms with Gasteiger partial charge in [-0.3, -0.25) is 16.1 Å². The summed E-state index contributed by atoms with van der Waals surface area (Å²) in [4.78, 5) is 15.7. The molecular weight excluding hydrogens is 306 g/mol. The molecule has 2 aromatic rings. The second-order valence-electron chi connectivity index (χ2n) is 3.98. The fourth-order valence-corrected chi connectivity index (χ4v) is 1.29. The molecule has 22 heavy (non-hydrogen) atoms. The van der Waals surface area contributed by atoms with Gasteiger partial charge in [0, 0.05) is 18.9 Å². The average molecular weight is 326 g/mol. The van der Waals surface area contributed by atoms with Crippen molar-refractivity contribution in [3.05, 3.63) is 24.9 Å². The van der Waals surface area contributed by atoms with Crippen LogP contribution in [0.3, 0.4) is 0 Å². The van der Waals surface area contributed by atoms with Crippen molar-refractivity contribution in [2.75, 3.05) is 6.54 Å². The fourth-order valence-electron chi connectivity index (χ4n) is 1.29. The molecule has 0 aliphatic rings. The van der Waals surface area contributed by atoms with Gasteiger partial charge in [-0.15, -0.1) is 12.4 Å². The summed E-state index contributed by atoms with van der Waals surface area (Å²) in [5.74, 6) is -0.120. The lowest BCUT2D eigenvalue weighted by Gasteiger charge is -2.06. The highest BCUT2D eigenvalue weighted by molar-refractivity contribution is 5.94. The zero-order valence-electron chi connectivity index (χ0n) is 12.2. The highest BCUT2D eigenvalue weighted by Crippen LogP contribution is 1.98. The number of halogens is 1. The van der Waals surface area contributed by atoms with Gasteiger partial charge in [0.25, 0.3) is 0 Å². The Labute approximate surface area is 134 Å². The molecule has 6 N–H and O–H groups in total. The van der Waals surface area contributed by atoms with Gasteiger partial charge in [-0.2, -0.15) is 0 Å². The Morgan fingerprint density at radius 3 is 2.59 bits per heavy atom. The fraction of sp³-hybridized carbons (Fsp3) is 0.333. The van der Waals surface area contributed by atoms with E-state index in [1.807, 2.05) is 0 Å². The summed E-state index contributed by atoms with van der Waals surface area (Å²) in [6.07, 6.45) is 8.41. The molecule has 0 spiro atoms. The first-order chi connectivity index (χ1) is 10.1. The van der Waals surface area contributed by atoms with Crippen molar-refractivity contribution in [3.8, 4) is 0 Å². The highest BCUT2D eigenvalue weighted by Gasteiger charge is 1.93. The summed E-state index contributed by atoms with van der Waals surface area (Å²) in [6.45, 7) is 2.82. The molecule has 2 heterocycles. The predicted molar refractivity (Wildman–Crippen MR) is 88.1 cm³/mol. The van der Waals surface area contributed by atoms with Crippen molar-refractivity contribution in [3.63, 3.8) is 0 Å². The maximum absolute atomic E-state index is 7.15. The number of fused-ring (bicyclic) bond motifs is 1. The number of hydrogen-bond donors (Lipinski definition) is 5. The Hall–Kier alpha value is -2.55. The van der Waals surface area contributed by atoms with Crippen LogP contribution >= 0.6 is 12.4 Å². The first kappa shape index (κ1) is 19.4. The monoisotopic (exact) mass is 325 g/mol. The molecule has 0 saturated carbocycles. The summed E-state index contributed by atoms with van der Waals surface area (Å²) in [5.41, 5.74) is 6.35. The maximum Gasteiger partial charge on any atom is 0.195 e. The van der Waals surface area contributed by atoms with Gasteiger partial charge < -0.3 is 11.1 Å². The lowest BCUT2D eigenvalue weighted by Crippen LogP contribution is -2.43. The van der Waals surface area contributed by atoms with E-state index in [0.29, 0.717) is 5.65 Å². The number of hydrogen-bond acceptors (Lipinski definition) is 6. The van der Waals surface area contributed by atoms with Crippen LogP contribution in [0.5, 0.6) is 0 Å². The van der Waals surface area contributed by atoms with Gasteiger partial charge in [0.1, 0.15) is 11.8 Å². The average Bonchev–Trinajstić information content (AvgIpc) is 2.47. The quantitative estimate of drug-likeness (QED) is 0.315. The minimum atomic E-state index is -0.209. The molecule has 0 aromatic carbocycles. The van der Waals surface area contributed by atoms with Crippen LogP contribution in [0.25, 0.3) is 11.2 Å². The van der Waals surface area contributed by atoms with Gasteiger partial charge in [0.05, 0.1) is 6.20 Å². The van der Waals surface area contributed by atoms with Gasteiger partial charge in [0.2, 0.25) is 0 Å². The maximum atomic E-state index is 7.15. The molecule has 0 saturated heterocycles. The van der Waals surface area contributed by atoms with E-state index in [0.717, 1.165) is 24.9 Å². The molecule has 0 aliphatic carbocycles. The van der Waals surface area contributed by atoms with Crippen LogP contribution in [0.15, 0.2) is 24.9 Å². The smallest absolute Gasteiger partial charge is 0.195 e. The Morgan fingerprint density at radius 2 is 1.95 bits per heavy atom. The van der Waals surface area contributed by atoms with Crippen LogP contribution in [-0.2, 0) is 0 Å². The van der Waals surface area contributed by atoms with Crippen LogP contribution < -0.4 is 16.4 Å². The van der Waals surface area contributed by atoms with Crippen LogP contribution in [-0.4, -0.2) is 38.4 Å². The molecule has 0 bridgehead atoms. The summed E-state index contributed by atoms with van der Waals surface area (Å²) < 4.78 is 0. The van der Waals surface area contributed by atoms with Gasteiger partial charge >= 0.3 is 0 Å². The number of rotatable bonds is 3. The largest absolute Gasteiger partial charge is 0.370 e. The standard InChI is InChI=1S/C6H15N5.C6H4N4.ClH/c1-2-3-4-10-6(9)11-5(7)8;1-2-9-6-5(8-1)3-7-4-10-6;/h2-4H2,1H3,(H6,7,8,9,10,11);1-4H;1H. The minimum Gasteiger partial charge on any atom is -0.370 e. The molecule has 2 aromatic heterocycles. The molecule has 0 aliphatic heterocycles. The minimum absolute atomic E-state index is 0. The predicted octanol–water partition coefficient (Wildman–Crippen LogP) is 0.636. The number of unbranched alkanes of at least 4 members (excludes halogenated alkanes) is 1. The normalized spacial score (nSPS) is 8.95. The third kappa shape index (κ3) is 7.90. The Kier molecular flexibility index (Phi) is 9.85. The molecule has 120 valence electrons. The number of nitrogens with one attached hydrogen (secondary N) is 4. The molecule has 0 fully saturated rings. The second-order valence-corrected chi connectivity index (χ2v) is 3.98. The molecule has 2 rings (SSSR count). The zero-order valence-corrected chi connectivity index (χ0v) is 13.0. The van der Waals surface area contributed by atoms with Crippen molar-refractivity contribution >= 4 is 35.5 Å². The molecule has 9 nitrogen and oxygen atoms in total. The lowest BCUT2D eigenvalue weighted by atomic mass is 10.3. The Balaban J connectivity index is 0.000000383. The first-order valence-electron chi connectivity index (χ1n) is 6.43. The van der Waals surface area contributed by atoms with E-state index in [4.69, 9.17) is 16.6 Å². The first-order valence-corrected chi connectivity index (χ1v) is 6.43. The van der Waals surface area contributed by atoms with Crippen LogP contribution in [0.1, 0.15) is 19.8 Å². The van der Waals surface area contributed by atoms with E-state index >= 15 is 0 Å². The van der Waals surface area contributed by atoms with Gasteiger partial charge in [-0.25, -0.2) is 19.9 Å². The number of aromatic nitrogens is 4. The second kappa shape index (κ2) is 11.1. The Morgan fingerprint density at radius 1 is 1.23 bits per heavy atom. The van der Waals surface area contributed by atoms with E-state index < -0.39 is 0 Å². The van der Waals surface area contributed by atoms with E-state index in [1.54, 1.807) is 18.6 Å². The van der Waals surface area contributed by atoms with E-state index in [-0.39, 0.29) is 24.3 Å². The zero-order chi connectivity index (χ0) is 15.5. The summed E-state index contributed by atoms with van der Waals surface area (Å²) >= 11 is 0. The van der Waals surface area contributed by atoms with Crippen molar-refractivity contribution in [1.82, 2.24) is 30.6 Å². The van der Waals surface area contributed by atoms with Crippen molar-refractivity contribution < 1.29 is 0 Å². The van der Waals surface area contributed by atoms with Crippen LogP contribution in [0.4, 0.5) is 0 Å². The van der Waals surface area contributed by atoms with E-state index in [9.17, 15) is 0 Å². The number of nitrogens with zero attached hydrogens (tertiary/aromatic N) is 4. The number of guanidine groups is 2. The van der Waals surface area contributed by atoms with Crippen molar-refractivity contribution in [2.45, 2.75) is 19.8 Å². The summed E-state index contributed by atoms with van der Waals surface area (Å²) in [7, 11) is 0. The van der Waals surface area contributed by atoms with Gasteiger partial charge in [-0.05, 0) is 6.42 Å². The number of nitrogens with two attached hydrogens (primary N) is 1. The molecule has 0 amide bonds.